The lowest BCUT2D eigenvalue weighted by atomic mass is 9.85. The van der Waals surface area contributed by atoms with Crippen LogP contribution < -0.4 is 5.56 Å². The van der Waals surface area contributed by atoms with Crippen LogP contribution in [-0.2, 0) is 13.1 Å². The van der Waals surface area contributed by atoms with Gasteiger partial charge in [-0.2, -0.15) is 5.10 Å². The van der Waals surface area contributed by atoms with Gasteiger partial charge in [0.05, 0.1) is 6.54 Å². The smallest absolute Gasteiger partial charge is 0.266 e. The molecule has 0 bridgehead atoms. The first-order chi connectivity index (χ1) is 12.8. The van der Waals surface area contributed by atoms with Gasteiger partial charge in [0.2, 0.25) is 0 Å². The maximum Gasteiger partial charge on any atom is 0.266 e. The van der Waals surface area contributed by atoms with Gasteiger partial charge in [-0.05, 0) is 18.9 Å². The van der Waals surface area contributed by atoms with Crippen molar-refractivity contribution in [1.29, 1.82) is 0 Å². The fourth-order valence-electron chi connectivity index (χ4n) is 3.54. The third kappa shape index (κ3) is 4.16. The molecular weight excluding hydrogens is 328 g/mol. The van der Waals surface area contributed by atoms with Crippen molar-refractivity contribution < 1.29 is 0 Å². The normalized spacial score (nSPS) is 19.4. The van der Waals surface area contributed by atoms with E-state index in [1.165, 1.54) is 29.5 Å². The molecule has 1 aliphatic heterocycles. The van der Waals surface area contributed by atoms with Gasteiger partial charge in [0.1, 0.15) is 5.82 Å². The van der Waals surface area contributed by atoms with Crippen molar-refractivity contribution in [3.63, 3.8) is 0 Å². The Balaban J connectivity index is 1.22. The van der Waals surface area contributed by atoms with Crippen molar-refractivity contribution in [3.05, 3.63) is 52.5 Å². The van der Waals surface area contributed by atoms with E-state index in [1.807, 2.05) is 12.4 Å². The van der Waals surface area contributed by atoms with Crippen LogP contribution in [0.1, 0.15) is 36.6 Å². The van der Waals surface area contributed by atoms with E-state index in [1.54, 1.807) is 18.3 Å². The molecule has 0 spiro atoms. The lowest BCUT2D eigenvalue weighted by molar-refractivity contribution is 0.122. The molecule has 0 amide bonds. The van der Waals surface area contributed by atoms with Crippen molar-refractivity contribution in [2.45, 2.75) is 38.3 Å². The van der Waals surface area contributed by atoms with Gasteiger partial charge in [0.25, 0.3) is 5.56 Å². The highest BCUT2D eigenvalue weighted by Gasteiger charge is 2.22. The van der Waals surface area contributed by atoms with Gasteiger partial charge in [0.15, 0.2) is 0 Å². The molecule has 0 N–H and O–H groups in total. The summed E-state index contributed by atoms with van der Waals surface area (Å²) in [6.45, 7) is 6.52. The third-order valence-corrected chi connectivity index (χ3v) is 5.48. The first-order valence-electron chi connectivity index (χ1n) is 9.55. The van der Waals surface area contributed by atoms with E-state index in [0.717, 1.165) is 45.1 Å². The molecule has 7 heteroatoms. The average molecular weight is 354 g/mol. The molecule has 138 valence electrons. The highest BCUT2D eigenvalue weighted by molar-refractivity contribution is 5.09. The molecule has 3 heterocycles. The number of hydrogen-bond donors (Lipinski definition) is 0. The number of hydrogen-bond acceptors (Lipinski definition) is 6. The zero-order valence-corrected chi connectivity index (χ0v) is 15.1. The molecular formula is C19H26N6O. The number of piperazine rings is 1. The minimum atomic E-state index is -0.0310. The second-order valence-electron chi connectivity index (χ2n) is 7.28. The number of rotatable bonds is 6. The molecule has 26 heavy (non-hydrogen) atoms. The van der Waals surface area contributed by atoms with Crippen LogP contribution in [0.15, 0.2) is 35.5 Å². The average Bonchev–Trinajstić information content (AvgIpc) is 2.62. The highest BCUT2D eigenvalue weighted by atomic mass is 16.1. The molecule has 0 unspecified atom stereocenters. The quantitative estimate of drug-likeness (QED) is 0.774. The lowest BCUT2D eigenvalue weighted by Crippen LogP contribution is -2.47. The largest absolute Gasteiger partial charge is 0.299 e. The lowest BCUT2D eigenvalue weighted by Gasteiger charge is -2.34. The summed E-state index contributed by atoms with van der Waals surface area (Å²) in [6.07, 6.45) is 9.46. The van der Waals surface area contributed by atoms with Gasteiger partial charge in [-0.3, -0.25) is 14.6 Å². The Morgan fingerprint density at radius 2 is 1.73 bits per heavy atom. The van der Waals surface area contributed by atoms with Crippen molar-refractivity contribution in [1.82, 2.24) is 29.5 Å². The Bertz CT molecular complexity index is 762. The van der Waals surface area contributed by atoms with Gasteiger partial charge in [0, 0.05) is 75.4 Å². The zero-order chi connectivity index (χ0) is 17.8. The molecule has 2 aliphatic rings. The summed E-state index contributed by atoms with van der Waals surface area (Å²) < 4.78 is 1.54. The van der Waals surface area contributed by atoms with Gasteiger partial charge >= 0.3 is 0 Å². The van der Waals surface area contributed by atoms with Crippen LogP contribution in [0.5, 0.6) is 0 Å². The van der Waals surface area contributed by atoms with Crippen LogP contribution in [0.2, 0.25) is 0 Å². The minimum absolute atomic E-state index is 0.0310. The minimum Gasteiger partial charge on any atom is -0.299 e. The molecule has 4 rings (SSSR count). The fourth-order valence-corrected chi connectivity index (χ4v) is 3.54. The fraction of sp³-hybridized carbons (Fsp3) is 0.579. The van der Waals surface area contributed by atoms with Crippen LogP contribution >= 0.6 is 0 Å². The van der Waals surface area contributed by atoms with Crippen molar-refractivity contribution in [2.75, 3.05) is 32.7 Å². The first kappa shape index (κ1) is 17.3. The van der Waals surface area contributed by atoms with Crippen molar-refractivity contribution in [2.24, 2.45) is 0 Å². The van der Waals surface area contributed by atoms with Gasteiger partial charge in [-0.1, -0.05) is 6.42 Å². The summed E-state index contributed by atoms with van der Waals surface area (Å²) >= 11 is 0. The summed E-state index contributed by atoms with van der Waals surface area (Å²) in [6, 6.07) is 3.24. The SMILES string of the molecule is O=c1cccnn1CCN1CCN(Cc2cnc(C3CCC3)nc2)CC1. The third-order valence-electron chi connectivity index (χ3n) is 5.48. The first-order valence-corrected chi connectivity index (χ1v) is 9.55. The summed E-state index contributed by atoms with van der Waals surface area (Å²) in [5.41, 5.74) is 1.16. The molecule has 2 aromatic heterocycles. The summed E-state index contributed by atoms with van der Waals surface area (Å²) in [5.74, 6) is 1.62. The Labute approximate surface area is 153 Å². The summed E-state index contributed by atoms with van der Waals surface area (Å²) in [4.78, 5) is 25.7. The molecule has 1 aliphatic carbocycles. The molecule has 1 saturated carbocycles. The molecule has 1 saturated heterocycles. The molecule has 0 aromatic carbocycles. The Morgan fingerprint density at radius 1 is 1.00 bits per heavy atom. The maximum absolute atomic E-state index is 11.7. The van der Waals surface area contributed by atoms with Crippen LogP contribution in [-0.4, -0.2) is 62.3 Å². The van der Waals surface area contributed by atoms with E-state index >= 15 is 0 Å². The number of aromatic nitrogens is 4. The maximum atomic E-state index is 11.7. The van der Waals surface area contributed by atoms with E-state index < -0.39 is 0 Å². The standard InChI is InChI=1S/C19H26N6O/c26-18-5-2-6-22-25(18)12-11-23-7-9-24(10-8-23)15-16-13-20-19(21-14-16)17-3-1-4-17/h2,5-6,13-14,17H,1,3-4,7-12,15H2. The van der Waals surface area contributed by atoms with Crippen LogP contribution in [0, 0.1) is 0 Å². The van der Waals surface area contributed by atoms with Gasteiger partial charge < -0.3 is 0 Å². The van der Waals surface area contributed by atoms with Crippen molar-refractivity contribution >= 4 is 0 Å². The molecule has 2 fully saturated rings. The van der Waals surface area contributed by atoms with E-state index in [-0.39, 0.29) is 5.56 Å². The van der Waals surface area contributed by atoms with E-state index in [2.05, 4.69) is 24.9 Å². The predicted octanol–water partition coefficient (Wildman–Crippen LogP) is 1.12. The Morgan fingerprint density at radius 3 is 2.38 bits per heavy atom. The van der Waals surface area contributed by atoms with Crippen molar-refractivity contribution in [3.8, 4) is 0 Å². The van der Waals surface area contributed by atoms with E-state index in [0.29, 0.717) is 12.5 Å². The zero-order valence-electron chi connectivity index (χ0n) is 15.1. The highest BCUT2D eigenvalue weighted by Crippen LogP contribution is 2.33. The Kier molecular flexibility index (Phi) is 5.36. The van der Waals surface area contributed by atoms with Crippen LogP contribution in [0.25, 0.3) is 0 Å². The Hall–Kier alpha value is -2.12. The molecule has 2 aromatic rings. The predicted molar refractivity (Wildman–Crippen MR) is 98.8 cm³/mol. The topological polar surface area (TPSA) is 67.2 Å². The van der Waals surface area contributed by atoms with E-state index in [4.69, 9.17) is 0 Å². The van der Waals surface area contributed by atoms with Gasteiger partial charge in [-0.25, -0.2) is 14.6 Å². The second-order valence-corrected chi connectivity index (χ2v) is 7.28. The second kappa shape index (κ2) is 8.05. The molecule has 0 atom stereocenters. The van der Waals surface area contributed by atoms with Crippen LogP contribution in [0.3, 0.4) is 0 Å². The molecule has 7 nitrogen and oxygen atoms in total. The summed E-state index contributed by atoms with van der Waals surface area (Å²) in [7, 11) is 0. The molecule has 0 radical (unpaired) electrons. The van der Waals surface area contributed by atoms with E-state index in [9.17, 15) is 4.79 Å². The summed E-state index contributed by atoms with van der Waals surface area (Å²) in [5, 5.41) is 4.12. The van der Waals surface area contributed by atoms with Gasteiger partial charge in [-0.15, -0.1) is 0 Å². The number of nitrogens with zero attached hydrogens (tertiary/aromatic N) is 6. The monoisotopic (exact) mass is 354 g/mol. The van der Waals surface area contributed by atoms with Crippen LogP contribution in [0.4, 0.5) is 0 Å².